The fourth-order valence-electron chi connectivity index (χ4n) is 17.3. The summed E-state index contributed by atoms with van der Waals surface area (Å²) >= 11 is 6.45. The number of fused-ring (bicyclic) bond motifs is 3. The molecule has 0 aromatic carbocycles. The van der Waals surface area contributed by atoms with Gasteiger partial charge < -0.3 is 64.8 Å². The van der Waals surface area contributed by atoms with Crippen LogP contribution in [0.3, 0.4) is 0 Å². The molecule has 4 aliphatic carbocycles. The maximum Gasteiger partial charge on any atom is 0.393 e. The van der Waals surface area contributed by atoms with Crippen molar-refractivity contribution in [2.75, 3.05) is 96.3 Å². The van der Waals surface area contributed by atoms with Gasteiger partial charge in [-0.1, -0.05) is 98.6 Å². The zero-order chi connectivity index (χ0) is 76.5. The van der Waals surface area contributed by atoms with Gasteiger partial charge >= 0.3 is 6.18 Å². The van der Waals surface area contributed by atoms with Crippen molar-refractivity contribution in [1.29, 1.82) is 0 Å². The summed E-state index contributed by atoms with van der Waals surface area (Å²) in [6, 6.07) is -10.2. The average Bonchev–Trinajstić information content (AvgIpc) is 1.33. The van der Waals surface area contributed by atoms with Crippen LogP contribution in [0.5, 0.6) is 0 Å². The molecule has 7 rings (SSSR count). The topological polar surface area (TPSA) is 279 Å². The Morgan fingerprint density at radius 2 is 1.32 bits per heavy atom. The Hall–Kier alpha value is -6.58. The van der Waals surface area contributed by atoms with Gasteiger partial charge in [0.25, 0.3) is 0 Å². The van der Waals surface area contributed by atoms with Gasteiger partial charge in [0, 0.05) is 82.0 Å². The van der Waals surface area contributed by atoms with Crippen molar-refractivity contribution in [2.24, 2.45) is 46.8 Å². The zero-order valence-electron chi connectivity index (χ0n) is 63.6. The Morgan fingerprint density at radius 1 is 0.689 bits per heavy atom. The summed E-state index contributed by atoms with van der Waals surface area (Å²) in [5.41, 5.74) is -2.12. The molecule has 4 saturated carbocycles. The molecule has 3 aliphatic heterocycles. The van der Waals surface area contributed by atoms with Gasteiger partial charge in [-0.2, -0.15) is 13.2 Å². The number of nitrogens with zero attached hydrogens (tertiary/aromatic N) is 9. The summed E-state index contributed by atoms with van der Waals surface area (Å²) in [5.74, 6) is -10.9. The maximum atomic E-state index is 15.7. The van der Waals surface area contributed by atoms with E-state index >= 15 is 28.8 Å². The van der Waals surface area contributed by atoms with Crippen LogP contribution in [0.15, 0.2) is 12.2 Å². The van der Waals surface area contributed by atoms with Gasteiger partial charge in [-0.15, -0.1) is 11.6 Å². The fraction of sp³-hybridized carbons (Fsp3) is 0.811. The number of hydrogen-bond donors (Lipinski definition) is 3. The van der Waals surface area contributed by atoms with Crippen molar-refractivity contribution in [1.82, 2.24) is 60.0 Å². The van der Waals surface area contributed by atoms with Crippen molar-refractivity contribution < 1.29 is 75.4 Å². The summed E-state index contributed by atoms with van der Waals surface area (Å²) in [6.07, 6.45) is 5.67. The van der Waals surface area contributed by atoms with Crippen LogP contribution in [0, 0.1) is 46.8 Å². The summed E-state index contributed by atoms with van der Waals surface area (Å²) in [7, 11) is 12.7. The van der Waals surface area contributed by atoms with Crippen LogP contribution < -0.4 is 16.0 Å². The van der Waals surface area contributed by atoms with Gasteiger partial charge in [-0.3, -0.25) is 57.5 Å². The Bertz CT molecular complexity index is 3100. The number of likely N-dealkylation sites (N-methyl/N-ethyl adjacent to an activating group) is 7. The molecule has 3 unspecified atom stereocenters. The number of halogens is 4. The monoisotopic (exact) mass is 1470 g/mol. The van der Waals surface area contributed by atoms with E-state index in [1.54, 1.807) is 13.0 Å². The molecule has 2 bridgehead atoms. The smallest absolute Gasteiger partial charge is 0.382 e. The summed E-state index contributed by atoms with van der Waals surface area (Å²) < 4.78 is 47.8. The molecule has 2 saturated heterocycles. The Balaban J connectivity index is 1.31. The molecular weight excluding hydrogens is 1360 g/mol. The lowest BCUT2D eigenvalue weighted by atomic mass is 9.58. The number of carbonyl (C=O) groups excluding carboxylic acids is 12. The van der Waals surface area contributed by atoms with E-state index in [1.165, 1.54) is 92.9 Å². The number of amides is 12. The minimum atomic E-state index is -4.52. The maximum absolute atomic E-state index is 15.7. The Labute approximate surface area is 612 Å². The van der Waals surface area contributed by atoms with Crippen LogP contribution in [0.4, 0.5) is 13.2 Å². The molecule has 0 aromatic rings. The minimum absolute atomic E-state index is 0.00118. The number of rotatable bonds is 11. The summed E-state index contributed by atoms with van der Waals surface area (Å²) in [5, 5.41) is 7.55. The number of ether oxygens (including phenoxy) is 1. The van der Waals surface area contributed by atoms with E-state index in [9.17, 15) is 41.9 Å². The SMILES string of the molecule is CC[C@H](C)[C@@H]1NC(=O)[C@H](COC)N(C)C(=O)C[C@@H](C(=O)N(C)C)N(C)C(=O)[C@H](C2CCCC2)N(C)C(=O)C2(CC(C)(C)C2)NC(=O)[C@@H]2C[C@H](C)CN2C(=O)[C@H](CCC2CCC(C(F)(F)F)C(Cl)C2)NC(=O)CN(C)C(=O)[C@H](CC2CCC(C)CC2)N2CC/C=C\C[C@@H](C2=O)N(C)C(=O)CN(C)C1=O. The van der Waals surface area contributed by atoms with Crippen molar-refractivity contribution >= 4 is 82.5 Å². The van der Waals surface area contributed by atoms with Crippen molar-refractivity contribution in [2.45, 2.75) is 242 Å². The zero-order valence-corrected chi connectivity index (χ0v) is 64.4. The van der Waals surface area contributed by atoms with Crippen molar-refractivity contribution in [3.8, 4) is 0 Å². The number of alkyl halides is 4. The van der Waals surface area contributed by atoms with E-state index in [0.717, 1.165) is 53.2 Å². The first-order valence-electron chi connectivity index (χ1n) is 37.4. The number of nitrogens with one attached hydrogen (secondary N) is 3. The molecule has 1 spiro atoms. The highest BCUT2D eigenvalue weighted by molar-refractivity contribution is 6.21. The van der Waals surface area contributed by atoms with E-state index in [0.29, 0.717) is 31.6 Å². The van der Waals surface area contributed by atoms with Crippen LogP contribution in [0.1, 0.15) is 176 Å². The first-order valence-corrected chi connectivity index (χ1v) is 37.8. The second-order valence-electron chi connectivity index (χ2n) is 32.4. The first kappa shape index (κ1) is 83.7. The van der Waals surface area contributed by atoms with Gasteiger partial charge in [0.15, 0.2) is 0 Å². The van der Waals surface area contributed by atoms with Crippen LogP contribution in [-0.4, -0.2) is 277 Å². The molecule has 0 radical (unpaired) electrons. The first-order chi connectivity index (χ1) is 48.3. The molecule has 12 amide bonds. The highest BCUT2D eigenvalue weighted by Crippen LogP contribution is 2.50. The third-order valence-corrected chi connectivity index (χ3v) is 24.1. The van der Waals surface area contributed by atoms with Crippen molar-refractivity contribution in [3.63, 3.8) is 0 Å². The van der Waals surface area contributed by atoms with Crippen molar-refractivity contribution in [3.05, 3.63) is 12.2 Å². The molecule has 6 fully saturated rings. The number of methoxy groups -OCH3 is 1. The lowest BCUT2D eigenvalue weighted by Gasteiger charge is -2.54. The fourth-order valence-corrected chi connectivity index (χ4v) is 17.8. The van der Waals surface area contributed by atoms with Crippen LogP contribution >= 0.6 is 11.6 Å². The quantitative estimate of drug-likeness (QED) is 0.168. The van der Waals surface area contributed by atoms with E-state index in [4.69, 9.17) is 16.3 Å². The van der Waals surface area contributed by atoms with E-state index in [2.05, 4.69) is 22.9 Å². The third-order valence-electron chi connectivity index (χ3n) is 23.6. The van der Waals surface area contributed by atoms with Gasteiger partial charge in [0.1, 0.15) is 53.9 Å². The van der Waals surface area contributed by atoms with E-state index in [1.807, 2.05) is 33.8 Å². The molecule has 13 atom stereocenters. The average molecular weight is 1480 g/mol. The standard InChI is InChI=1S/C74H118ClF3N12O13/c1-16-46(4)61-69(100)84(10)40-60(93)85(11)53-24-18-17-21-33-89(68(53)99)56(36-48-27-25-44(2)26-28-48)67(98)83(9)39-58(91)79-52(32-30-47-29-31-50(51(75)35-47)74(76,77)78)65(96)90-38-45(3)34-54(90)64(95)81-73(42-72(5,6)43-73)71(102)88(14)62(49-22-19-20-23-49)70(101)87(13)55(66(97)82(7)8)37-59(92)86(12)57(41-103-15)63(94)80-61/h17-18,44-57,61-62H,16,19-43H2,1-15H3,(H,79,91)(H,80,94)(H,81,95)/b18-17-/t44?,45-,46-,47?,48?,50?,51?,52-,53-,54-,55-,56-,57-,61-,62-/m0/s1. The molecule has 580 valence electrons. The second-order valence-corrected chi connectivity index (χ2v) is 33.0. The molecule has 0 aromatic heterocycles. The Morgan fingerprint density at radius 3 is 1.91 bits per heavy atom. The normalized spacial score (nSPS) is 32.5. The molecule has 3 heterocycles. The van der Waals surface area contributed by atoms with Gasteiger partial charge in [0.05, 0.1) is 32.0 Å². The highest BCUT2D eigenvalue weighted by atomic mass is 35.5. The molecule has 103 heavy (non-hydrogen) atoms. The number of hydrogen-bond acceptors (Lipinski definition) is 13. The summed E-state index contributed by atoms with van der Waals surface area (Å²) in [6.45, 7) is 10.0. The van der Waals surface area contributed by atoms with E-state index < -0.39 is 179 Å². The predicted octanol–water partition coefficient (Wildman–Crippen LogP) is 5.60. The van der Waals surface area contributed by atoms with Gasteiger partial charge in [-0.05, 0) is 124 Å². The Kier molecular flexibility index (Phi) is 29.0. The highest BCUT2D eigenvalue weighted by Gasteiger charge is 2.59. The van der Waals surface area contributed by atoms with Crippen LogP contribution in [0.2, 0.25) is 0 Å². The van der Waals surface area contributed by atoms with Crippen LogP contribution in [0.25, 0.3) is 0 Å². The molecule has 7 aliphatic rings. The lowest BCUT2D eigenvalue weighted by molar-refractivity contribution is -0.182. The predicted molar refractivity (Wildman–Crippen MR) is 381 cm³/mol. The van der Waals surface area contributed by atoms with Gasteiger partial charge in [-0.25, -0.2) is 0 Å². The number of carbonyl (C=O) groups is 12. The molecular formula is C74H118ClF3N12O13. The molecule has 25 nitrogen and oxygen atoms in total. The lowest BCUT2D eigenvalue weighted by Crippen LogP contribution is -2.71. The van der Waals surface area contributed by atoms with E-state index in [-0.39, 0.29) is 102 Å². The second kappa shape index (κ2) is 35.7. The van der Waals surface area contributed by atoms with Crippen LogP contribution in [-0.2, 0) is 62.3 Å². The largest absolute Gasteiger partial charge is 0.393 e. The third kappa shape index (κ3) is 20.3. The van der Waals surface area contributed by atoms with Gasteiger partial charge in [0.2, 0.25) is 70.9 Å². The molecule has 3 N–H and O–H groups in total. The molecule has 29 heteroatoms. The summed E-state index contributed by atoms with van der Waals surface area (Å²) in [4.78, 5) is 192. The minimum Gasteiger partial charge on any atom is -0.382 e.